The smallest absolute Gasteiger partial charge is 0.247 e. The molecular formula is C19H31N3O5S2. The van der Waals surface area contributed by atoms with Gasteiger partial charge < -0.3 is 0 Å². The Labute approximate surface area is 174 Å². The van der Waals surface area contributed by atoms with E-state index in [4.69, 9.17) is 0 Å². The molecule has 1 aliphatic rings. The van der Waals surface area contributed by atoms with Crippen molar-refractivity contribution in [1.82, 2.24) is 9.62 Å². The first-order chi connectivity index (χ1) is 13.2. The summed E-state index contributed by atoms with van der Waals surface area (Å²) in [4.78, 5) is 14.6. The second-order valence-electron chi connectivity index (χ2n) is 8.51. The van der Waals surface area contributed by atoms with Crippen LogP contribution in [-0.4, -0.2) is 58.6 Å². The lowest BCUT2D eigenvalue weighted by Gasteiger charge is -2.37. The van der Waals surface area contributed by atoms with Crippen LogP contribution in [0.1, 0.15) is 41.5 Å². The van der Waals surface area contributed by atoms with E-state index in [9.17, 15) is 21.6 Å². The number of nitrogens with zero attached hydrogens (tertiary/aromatic N) is 2. The van der Waals surface area contributed by atoms with Gasteiger partial charge in [0.25, 0.3) is 0 Å². The Morgan fingerprint density at radius 3 is 2.07 bits per heavy atom. The molecule has 0 atom stereocenters. The molecule has 164 valence electrons. The standard InChI is InChI=1S/C19H31N3O5S2/c1-7-21(8-2)19(5,6)13-20-29(26,27)16-11-9-15(10-12-16)22-17(23)18(3,4)14-28(22,24)25/h9-12,20H,7-8,13-14H2,1-6H3. The molecule has 1 N–H and O–H groups in total. The van der Waals surface area contributed by atoms with E-state index in [1.807, 2.05) is 27.7 Å². The van der Waals surface area contributed by atoms with Crippen LogP contribution in [0, 0.1) is 5.41 Å². The van der Waals surface area contributed by atoms with Gasteiger partial charge >= 0.3 is 0 Å². The molecule has 2 rings (SSSR count). The maximum Gasteiger partial charge on any atom is 0.247 e. The Hall–Kier alpha value is -1.49. The molecule has 29 heavy (non-hydrogen) atoms. The molecule has 1 saturated heterocycles. The number of carbonyl (C=O) groups is 1. The minimum Gasteiger partial charge on any atom is -0.297 e. The molecule has 0 aromatic heterocycles. The van der Waals surface area contributed by atoms with Crippen LogP contribution < -0.4 is 9.03 Å². The minimum absolute atomic E-state index is 0.0138. The van der Waals surface area contributed by atoms with E-state index in [-0.39, 0.29) is 28.4 Å². The monoisotopic (exact) mass is 445 g/mol. The molecule has 8 nitrogen and oxygen atoms in total. The maximum atomic E-state index is 12.7. The molecule has 0 bridgehead atoms. The second-order valence-corrected chi connectivity index (χ2v) is 12.1. The van der Waals surface area contributed by atoms with E-state index in [0.717, 1.165) is 17.4 Å². The summed E-state index contributed by atoms with van der Waals surface area (Å²) in [7, 11) is -7.56. The van der Waals surface area contributed by atoms with Crippen molar-refractivity contribution in [1.29, 1.82) is 0 Å². The Morgan fingerprint density at radius 2 is 1.66 bits per heavy atom. The first-order valence-electron chi connectivity index (χ1n) is 9.60. The molecule has 0 unspecified atom stereocenters. The zero-order chi connectivity index (χ0) is 22.3. The molecule has 0 spiro atoms. The topological polar surface area (TPSA) is 104 Å². The zero-order valence-electron chi connectivity index (χ0n) is 17.9. The van der Waals surface area contributed by atoms with Gasteiger partial charge in [-0.05, 0) is 65.0 Å². The molecule has 1 amide bonds. The lowest BCUT2D eigenvalue weighted by molar-refractivity contribution is -0.123. The van der Waals surface area contributed by atoms with Crippen LogP contribution in [0.3, 0.4) is 0 Å². The van der Waals surface area contributed by atoms with Gasteiger partial charge in [0, 0.05) is 12.1 Å². The summed E-state index contributed by atoms with van der Waals surface area (Å²) < 4.78 is 53.5. The number of hydrogen-bond donors (Lipinski definition) is 1. The predicted molar refractivity (Wildman–Crippen MR) is 114 cm³/mol. The maximum absolute atomic E-state index is 12.7. The van der Waals surface area contributed by atoms with Crippen LogP contribution in [0.2, 0.25) is 0 Å². The molecule has 0 saturated carbocycles. The van der Waals surface area contributed by atoms with Gasteiger partial charge in [0.05, 0.1) is 21.8 Å². The van der Waals surface area contributed by atoms with Crippen molar-refractivity contribution in [3.8, 4) is 0 Å². The average Bonchev–Trinajstić information content (AvgIpc) is 2.77. The lowest BCUT2D eigenvalue weighted by atomic mass is 9.95. The molecule has 1 fully saturated rings. The van der Waals surface area contributed by atoms with E-state index in [1.54, 1.807) is 13.8 Å². The highest BCUT2D eigenvalue weighted by molar-refractivity contribution is 7.94. The van der Waals surface area contributed by atoms with Crippen LogP contribution in [0.5, 0.6) is 0 Å². The van der Waals surface area contributed by atoms with E-state index in [0.29, 0.717) is 0 Å². The summed E-state index contributed by atoms with van der Waals surface area (Å²) in [5.41, 5.74) is -1.23. The predicted octanol–water partition coefficient (Wildman–Crippen LogP) is 1.79. The highest BCUT2D eigenvalue weighted by Crippen LogP contribution is 2.35. The molecular weight excluding hydrogens is 414 g/mol. The quantitative estimate of drug-likeness (QED) is 0.654. The first-order valence-corrected chi connectivity index (χ1v) is 12.7. The van der Waals surface area contributed by atoms with Gasteiger partial charge in [-0.2, -0.15) is 0 Å². The van der Waals surface area contributed by atoms with Crippen molar-refractivity contribution in [2.75, 3.05) is 29.7 Å². The number of nitrogens with one attached hydrogen (secondary N) is 1. The van der Waals surface area contributed by atoms with Gasteiger partial charge in [-0.15, -0.1) is 0 Å². The van der Waals surface area contributed by atoms with Gasteiger partial charge in [-0.3, -0.25) is 9.69 Å². The van der Waals surface area contributed by atoms with Gasteiger partial charge in [0.15, 0.2) is 0 Å². The lowest BCUT2D eigenvalue weighted by Crippen LogP contribution is -2.51. The molecule has 1 heterocycles. The van der Waals surface area contributed by atoms with Gasteiger partial charge in [0.1, 0.15) is 0 Å². The van der Waals surface area contributed by atoms with E-state index in [1.165, 1.54) is 24.3 Å². The van der Waals surface area contributed by atoms with Gasteiger partial charge in [0.2, 0.25) is 26.0 Å². The SMILES string of the molecule is CCN(CC)C(C)(C)CNS(=O)(=O)c1ccc(N2C(=O)C(C)(C)CS2(=O)=O)cc1. The second kappa shape index (κ2) is 7.98. The highest BCUT2D eigenvalue weighted by atomic mass is 32.2. The molecule has 10 heteroatoms. The third-order valence-electron chi connectivity index (χ3n) is 5.28. The van der Waals surface area contributed by atoms with E-state index in [2.05, 4.69) is 9.62 Å². The van der Waals surface area contributed by atoms with Crippen molar-refractivity contribution < 1.29 is 21.6 Å². The number of carbonyl (C=O) groups excluding carboxylic acids is 1. The Balaban J connectivity index is 2.23. The van der Waals surface area contributed by atoms with E-state index < -0.39 is 31.4 Å². The van der Waals surface area contributed by atoms with Crippen molar-refractivity contribution in [2.24, 2.45) is 5.41 Å². The number of hydrogen-bond acceptors (Lipinski definition) is 6. The van der Waals surface area contributed by atoms with Crippen molar-refractivity contribution in [2.45, 2.75) is 52.0 Å². The zero-order valence-corrected chi connectivity index (χ0v) is 19.5. The molecule has 1 aliphatic heterocycles. The Bertz CT molecular complexity index is 964. The fourth-order valence-corrected chi connectivity index (χ4v) is 6.88. The summed E-state index contributed by atoms with van der Waals surface area (Å²) in [5.74, 6) is -0.798. The average molecular weight is 446 g/mol. The van der Waals surface area contributed by atoms with Crippen LogP contribution in [0.25, 0.3) is 0 Å². The summed E-state index contributed by atoms with van der Waals surface area (Å²) in [6.07, 6.45) is 0. The fraction of sp³-hybridized carbons (Fsp3) is 0.632. The van der Waals surface area contributed by atoms with Gasteiger partial charge in [-0.1, -0.05) is 13.8 Å². The molecule has 1 aromatic rings. The summed E-state index contributed by atoms with van der Waals surface area (Å²) in [6.45, 7) is 13.0. The Kier molecular flexibility index (Phi) is 6.54. The first kappa shape index (κ1) is 23.8. The third kappa shape index (κ3) is 4.82. The van der Waals surface area contributed by atoms with Gasteiger partial charge in [-0.25, -0.2) is 25.9 Å². The largest absolute Gasteiger partial charge is 0.297 e. The number of sulfonamides is 2. The number of rotatable bonds is 8. The molecule has 1 aromatic carbocycles. The fourth-order valence-electron chi connectivity index (χ4n) is 3.57. The molecule has 0 radical (unpaired) electrons. The van der Waals surface area contributed by atoms with Crippen LogP contribution in [-0.2, 0) is 24.8 Å². The van der Waals surface area contributed by atoms with Crippen molar-refractivity contribution >= 4 is 31.6 Å². The number of likely N-dealkylation sites (N-methyl/N-ethyl adjacent to an activating group) is 1. The molecule has 0 aliphatic carbocycles. The summed E-state index contributed by atoms with van der Waals surface area (Å²) in [5, 5.41) is 0. The normalized spacial score (nSPS) is 19.1. The van der Waals surface area contributed by atoms with Crippen molar-refractivity contribution in [3.63, 3.8) is 0 Å². The number of anilines is 1. The van der Waals surface area contributed by atoms with Crippen molar-refractivity contribution in [3.05, 3.63) is 24.3 Å². The highest BCUT2D eigenvalue weighted by Gasteiger charge is 2.49. The minimum atomic E-state index is -3.78. The van der Waals surface area contributed by atoms with Crippen LogP contribution in [0.4, 0.5) is 5.69 Å². The number of amides is 1. The Morgan fingerprint density at radius 1 is 1.14 bits per heavy atom. The number of benzene rings is 1. The van der Waals surface area contributed by atoms with Crippen LogP contribution in [0.15, 0.2) is 29.2 Å². The third-order valence-corrected chi connectivity index (χ3v) is 8.72. The van der Waals surface area contributed by atoms with Crippen LogP contribution >= 0.6 is 0 Å². The summed E-state index contributed by atoms with van der Waals surface area (Å²) in [6, 6.07) is 5.33. The van der Waals surface area contributed by atoms with E-state index >= 15 is 0 Å². The summed E-state index contributed by atoms with van der Waals surface area (Å²) >= 11 is 0.